The van der Waals surface area contributed by atoms with Gasteiger partial charge in [-0.15, -0.1) is 0 Å². The number of hydrogen-bond acceptors (Lipinski definition) is 3. The number of ether oxygens (including phenoxy) is 1. The molecule has 4 heteroatoms. The van der Waals surface area contributed by atoms with Crippen molar-refractivity contribution >= 4 is 17.4 Å². The monoisotopic (exact) mass is 323 g/mol. The Hall–Kier alpha value is -2.62. The van der Waals surface area contributed by atoms with Crippen LogP contribution in [-0.4, -0.2) is 18.3 Å². The van der Waals surface area contributed by atoms with Gasteiger partial charge >= 0.3 is 0 Å². The maximum atomic E-state index is 12.2. The molecule has 0 bridgehead atoms. The molecule has 0 radical (unpaired) electrons. The molecular formula is C20H21NO3. The second-order valence-electron chi connectivity index (χ2n) is 6.35. The number of Topliss-reactive ketones (excluding diaryl/α,β-unsaturated/α-hetero) is 1. The highest BCUT2D eigenvalue weighted by Gasteiger charge is 2.31. The second-order valence-corrected chi connectivity index (χ2v) is 6.35. The van der Waals surface area contributed by atoms with Gasteiger partial charge in [0.15, 0.2) is 12.4 Å². The number of nitrogens with one attached hydrogen (secondary N) is 1. The number of ketones is 1. The van der Waals surface area contributed by atoms with Crippen molar-refractivity contribution in [2.45, 2.75) is 33.1 Å². The Bertz CT molecular complexity index is 811. The van der Waals surface area contributed by atoms with Crippen molar-refractivity contribution in [3.8, 4) is 5.75 Å². The molecule has 2 aromatic carbocycles. The van der Waals surface area contributed by atoms with Crippen LogP contribution in [-0.2, 0) is 4.79 Å². The van der Waals surface area contributed by atoms with E-state index in [0.29, 0.717) is 17.7 Å². The minimum absolute atomic E-state index is 0.0931. The summed E-state index contributed by atoms with van der Waals surface area (Å²) in [7, 11) is 0. The second kappa shape index (κ2) is 6.48. The largest absolute Gasteiger partial charge is 0.483 e. The third kappa shape index (κ3) is 3.04. The van der Waals surface area contributed by atoms with E-state index in [0.717, 1.165) is 22.4 Å². The number of carbonyl (C=O) groups excluding carboxylic acids is 2. The Morgan fingerprint density at radius 2 is 1.92 bits per heavy atom. The van der Waals surface area contributed by atoms with Crippen molar-refractivity contribution < 1.29 is 14.3 Å². The number of hydrogen-bond donors (Lipinski definition) is 1. The molecule has 0 aliphatic heterocycles. The summed E-state index contributed by atoms with van der Waals surface area (Å²) >= 11 is 0. The van der Waals surface area contributed by atoms with Gasteiger partial charge in [0.1, 0.15) is 5.75 Å². The minimum Gasteiger partial charge on any atom is -0.483 e. The van der Waals surface area contributed by atoms with Crippen LogP contribution < -0.4 is 10.1 Å². The number of benzene rings is 2. The maximum absolute atomic E-state index is 12.2. The quantitative estimate of drug-likeness (QED) is 0.925. The summed E-state index contributed by atoms with van der Waals surface area (Å²) in [5, 5.41) is 2.83. The van der Waals surface area contributed by atoms with Crippen molar-refractivity contribution in [3.05, 3.63) is 58.7 Å². The Kier molecular flexibility index (Phi) is 4.38. The molecule has 0 unspecified atom stereocenters. The van der Waals surface area contributed by atoms with E-state index < -0.39 is 0 Å². The average molecular weight is 323 g/mol. The third-order valence-corrected chi connectivity index (χ3v) is 4.47. The number of anilines is 1. The highest BCUT2D eigenvalue weighted by Crippen LogP contribution is 2.40. The molecule has 0 spiro atoms. The summed E-state index contributed by atoms with van der Waals surface area (Å²) in [6.45, 7) is 5.86. The highest BCUT2D eigenvalue weighted by molar-refractivity contribution is 6.04. The Morgan fingerprint density at radius 1 is 1.17 bits per heavy atom. The first kappa shape index (κ1) is 16.2. The van der Waals surface area contributed by atoms with E-state index >= 15 is 0 Å². The van der Waals surface area contributed by atoms with Gasteiger partial charge in [0.25, 0.3) is 5.91 Å². The molecule has 1 amide bonds. The predicted octanol–water partition coefficient (Wildman–Crippen LogP) is 4.01. The van der Waals surface area contributed by atoms with E-state index in [1.807, 2.05) is 51.1 Å². The zero-order valence-electron chi connectivity index (χ0n) is 14.2. The molecule has 2 aromatic rings. The Labute approximate surface area is 141 Å². The zero-order valence-corrected chi connectivity index (χ0v) is 14.2. The molecule has 124 valence electrons. The summed E-state index contributed by atoms with van der Waals surface area (Å²) < 4.78 is 5.66. The molecule has 0 aromatic heterocycles. The predicted molar refractivity (Wildman–Crippen MR) is 93.8 cm³/mol. The van der Waals surface area contributed by atoms with Gasteiger partial charge in [0.2, 0.25) is 0 Å². The van der Waals surface area contributed by atoms with Crippen LogP contribution in [0.4, 0.5) is 5.69 Å². The molecule has 0 heterocycles. The van der Waals surface area contributed by atoms with Gasteiger partial charge in [-0.25, -0.2) is 0 Å². The van der Waals surface area contributed by atoms with Crippen LogP contribution in [0.5, 0.6) is 5.75 Å². The molecule has 1 atom stereocenters. The molecule has 0 saturated heterocycles. The van der Waals surface area contributed by atoms with Crippen LogP contribution in [0.1, 0.15) is 46.3 Å². The smallest absolute Gasteiger partial charge is 0.262 e. The fourth-order valence-electron chi connectivity index (χ4n) is 3.27. The highest BCUT2D eigenvalue weighted by atomic mass is 16.5. The van der Waals surface area contributed by atoms with Crippen molar-refractivity contribution in [1.82, 2.24) is 0 Å². The number of aryl methyl sites for hydroxylation is 2. The van der Waals surface area contributed by atoms with Crippen LogP contribution in [0.25, 0.3) is 0 Å². The Balaban J connectivity index is 1.73. The molecule has 1 aliphatic rings. The maximum Gasteiger partial charge on any atom is 0.262 e. The normalized spacial score (nSPS) is 16.0. The topological polar surface area (TPSA) is 55.4 Å². The molecular weight excluding hydrogens is 302 g/mol. The summed E-state index contributed by atoms with van der Waals surface area (Å²) in [5.74, 6) is 0.564. The number of fused-ring (bicyclic) bond motifs is 1. The lowest BCUT2D eigenvalue weighted by Crippen LogP contribution is -2.21. The van der Waals surface area contributed by atoms with Crippen molar-refractivity contribution in [2.75, 3.05) is 11.9 Å². The van der Waals surface area contributed by atoms with Gasteiger partial charge in [-0.3, -0.25) is 9.59 Å². The molecule has 4 nitrogen and oxygen atoms in total. The van der Waals surface area contributed by atoms with Gasteiger partial charge in [0.05, 0.1) is 5.56 Å². The number of amides is 1. The SMILES string of the molecule is Cc1ccccc1NC(=O)COc1ccc(C)c2c1C(=O)C[C@H]2C. The summed E-state index contributed by atoms with van der Waals surface area (Å²) in [6.07, 6.45) is 0.506. The van der Waals surface area contributed by atoms with Gasteiger partial charge in [-0.05, 0) is 48.6 Å². The van der Waals surface area contributed by atoms with E-state index in [4.69, 9.17) is 4.74 Å². The van der Waals surface area contributed by atoms with Crippen LogP contribution in [0.15, 0.2) is 36.4 Å². The lowest BCUT2D eigenvalue weighted by atomic mass is 9.97. The lowest BCUT2D eigenvalue weighted by molar-refractivity contribution is -0.118. The molecule has 24 heavy (non-hydrogen) atoms. The van der Waals surface area contributed by atoms with Crippen LogP contribution >= 0.6 is 0 Å². The standard InChI is InChI=1S/C20H21NO3/c1-12-6-4-5-7-15(12)21-18(23)11-24-17-9-8-13(2)19-14(3)10-16(22)20(17)19/h4-9,14H,10-11H2,1-3H3,(H,21,23)/t14-/m1/s1. The molecule has 0 fully saturated rings. The van der Waals surface area contributed by atoms with E-state index in [9.17, 15) is 9.59 Å². The Morgan fingerprint density at radius 3 is 2.67 bits per heavy atom. The minimum atomic E-state index is -0.239. The number of para-hydroxylation sites is 1. The van der Waals surface area contributed by atoms with E-state index in [-0.39, 0.29) is 24.2 Å². The van der Waals surface area contributed by atoms with Crippen molar-refractivity contribution in [3.63, 3.8) is 0 Å². The first-order valence-electron chi connectivity index (χ1n) is 8.12. The summed E-state index contributed by atoms with van der Waals surface area (Å²) in [5.41, 5.74) is 4.55. The lowest BCUT2D eigenvalue weighted by Gasteiger charge is -2.13. The first-order valence-corrected chi connectivity index (χ1v) is 8.12. The average Bonchev–Trinajstić information content (AvgIpc) is 2.85. The number of carbonyl (C=O) groups is 2. The van der Waals surface area contributed by atoms with Gasteiger partial charge in [-0.2, -0.15) is 0 Å². The van der Waals surface area contributed by atoms with Crippen LogP contribution in [0, 0.1) is 13.8 Å². The fourth-order valence-corrected chi connectivity index (χ4v) is 3.27. The van der Waals surface area contributed by atoms with Crippen LogP contribution in [0.2, 0.25) is 0 Å². The molecule has 1 N–H and O–H groups in total. The molecule has 3 rings (SSSR count). The van der Waals surface area contributed by atoms with Gasteiger partial charge in [-0.1, -0.05) is 31.2 Å². The number of rotatable bonds is 4. The zero-order chi connectivity index (χ0) is 17.3. The van der Waals surface area contributed by atoms with Crippen molar-refractivity contribution in [1.29, 1.82) is 0 Å². The third-order valence-electron chi connectivity index (χ3n) is 4.47. The van der Waals surface area contributed by atoms with Gasteiger partial charge < -0.3 is 10.1 Å². The van der Waals surface area contributed by atoms with E-state index in [2.05, 4.69) is 5.32 Å². The first-order chi connectivity index (χ1) is 11.5. The fraction of sp³-hybridized carbons (Fsp3) is 0.300. The van der Waals surface area contributed by atoms with E-state index in [1.54, 1.807) is 6.07 Å². The summed E-state index contributed by atoms with van der Waals surface area (Å²) in [4.78, 5) is 24.4. The van der Waals surface area contributed by atoms with E-state index in [1.165, 1.54) is 0 Å². The molecule has 0 saturated carbocycles. The van der Waals surface area contributed by atoms with Crippen LogP contribution in [0.3, 0.4) is 0 Å². The molecule has 1 aliphatic carbocycles. The summed E-state index contributed by atoms with van der Waals surface area (Å²) in [6, 6.07) is 11.3. The van der Waals surface area contributed by atoms with Gasteiger partial charge in [0, 0.05) is 12.1 Å². The van der Waals surface area contributed by atoms with Crippen molar-refractivity contribution in [2.24, 2.45) is 0 Å².